The minimum atomic E-state index is -0.655. The van der Waals surface area contributed by atoms with Gasteiger partial charge in [-0.05, 0) is 45.2 Å². The lowest BCUT2D eigenvalue weighted by molar-refractivity contribution is -0.143. The number of hydrogen-bond donors (Lipinski definition) is 2. The summed E-state index contributed by atoms with van der Waals surface area (Å²) >= 11 is 0. The predicted octanol–water partition coefficient (Wildman–Crippen LogP) is 4.72. The topological polar surface area (TPSA) is 85.2 Å². The molecule has 1 fully saturated rings. The van der Waals surface area contributed by atoms with Gasteiger partial charge in [-0.2, -0.15) is 0 Å². The highest BCUT2D eigenvalue weighted by Gasteiger charge is 2.38. The van der Waals surface area contributed by atoms with Gasteiger partial charge in [0.2, 0.25) is 0 Å². The third kappa shape index (κ3) is 6.21. The number of phenols is 2. The van der Waals surface area contributed by atoms with Crippen molar-refractivity contribution in [3.8, 4) is 11.5 Å². The summed E-state index contributed by atoms with van der Waals surface area (Å²) in [6.07, 6.45) is 8.09. The van der Waals surface area contributed by atoms with Crippen molar-refractivity contribution in [2.75, 3.05) is 0 Å². The van der Waals surface area contributed by atoms with Crippen LogP contribution in [0.2, 0.25) is 0 Å². The van der Waals surface area contributed by atoms with E-state index in [1.807, 2.05) is 19.9 Å². The van der Waals surface area contributed by atoms with Gasteiger partial charge in [-0.15, -0.1) is 13.2 Å². The highest BCUT2D eigenvalue weighted by atomic mass is 16.7. The van der Waals surface area contributed by atoms with Crippen molar-refractivity contribution < 1.29 is 29.2 Å². The van der Waals surface area contributed by atoms with E-state index in [1.54, 1.807) is 25.2 Å². The molecule has 0 bridgehead atoms. The van der Waals surface area contributed by atoms with Gasteiger partial charge in [-0.1, -0.05) is 24.3 Å². The Labute approximate surface area is 172 Å². The molecule has 1 aliphatic rings. The van der Waals surface area contributed by atoms with Gasteiger partial charge in [0, 0.05) is 12.5 Å². The molecule has 29 heavy (non-hydrogen) atoms. The summed E-state index contributed by atoms with van der Waals surface area (Å²) in [6.45, 7) is 12.9. The zero-order valence-electron chi connectivity index (χ0n) is 17.3. The smallest absolute Gasteiger partial charge is 0.342 e. The SMILES string of the molecule is C=CC[C@H](C)OC(=O)c1c(O)cc(O)cc1/C=C/CC[C@@H]1OC(C)(C)O[C@@H]1C=C. The van der Waals surface area contributed by atoms with Gasteiger partial charge in [-0.3, -0.25) is 0 Å². The number of ether oxygens (including phenoxy) is 3. The summed E-state index contributed by atoms with van der Waals surface area (Å²) < 4.78 is 17.0. The quantitative estimate of drug-likeness (QED) is 0.459. The van der Waals surface area contributed by atoms with Gasteiger partial charge < -0.3 is 24.4 Å². The molecule has 0 aromatic heterocycles. The van der Waals surface area contributed by atoms with Gasteiger partial charge in [0.15, 0.2) is 5.79 Å². The van der Waals surface area contributed by atoms with Crippen LogP contribution in [0.1, 0.15) is 56.0 Å². The Balaban J connectivity index is 2.10. The first-order chi connectivity index (χ1) is 13.7. The van der Waals surface area contributed by atoms with Crippen molar-refractivity contribution in [2.45, 2.75) is 64.1 Å². The zero-order valence-corrected chi connectivity index (χ0v) is 17.3. The van der Waals surface area contributed by atoms with Crippen molar-refractivity contribution >= 4 is 12.0 Å². The second-order valence-electron chi connectivity index (χ2n) is 7.52. The lowest BCUT2D eigenvalue weighted by atomic mass is 10.0. The van der Waals surface area contributed by atoms with Crippen LogP contribution in [0.25, 0.3) is 6.08 Å². The Kier molecular flexibility index (Phi) is 7.65. The van der Waals surface area contributed by atoms with E-state index < -0.39 is 11.8 Å². The fourth-order valence-electron chi connectivity index (χ4n) is 3.27. The molecule has 2 rings (SSSR count). The Morgan fingerprint density at radius 2 is 2.03 bits per heavy atom. The normalized spacial score (nSPS) is 21.8. The van der Waals surface area contributed by atoms with E-state index in [-0.39, 0.29) is 35.4 Å². The molecule has 158 valence electrons. The number of carbonyl (C=O) groups is 1. The molecule has 1 heterocycles. The van der Waals surface area contributed by atoms with Gasteiger partial charge in [0.1, 0.15) is 29.3 Å². The molecule has 0 saturated carbocycles. The van der Waals surface area contributed by atoms with Gasteiger partial charge >= 0.3 is 5.97 Å². The highest BCUT2D eigenvalue weighted by Crippen LogP contribution is 2.32. The van der Waals surface area contributed by atoms with E-state index in [9.17, 15) is 15.0 Å². The van der Waals surface area contributed by atoms with Crippen LogP contribution in [0.15, 0.2) is 43.5 Å². The second-order valence-corrected chi connectivity index (χ2v) is 7.52. The first kappa shape index (κ1) is 22.7. The lowest BCUT2D eigenvalue weighted by Crippen LogP contribution is -2.21. The molecule has 0 amide bonds. The van der Waals surface area contributed by atoms with Crippen molar-refractivity contribution in [1.29, 1.82) is 0 Å². The summed E-state index contributed by atoms with van der Waals surface area (Å²) in [5.74, 6) is -1.78. The monoisotopic (exact) mass is 402 g/mol. The number of hydrogen-bond acceptors (Lipinski definition) is 6. The van der Waals surface area contributed by atoms with Crippen LogP contribution in [0.4, 0.5) is 0 Å². The minimum Gasteiger partial charge on any atom is -0.508 e. The zero-order chi connectivity index (χ0) is 21.6. The maximum Gasteiger partial charge on any atom is 0.342 e. The molecule has 0 spiro atoms. The van der Waals surface area contributed by atoms with Gasteiger partial charge in [-0.25, -0.2) is 4.79 Å². The number of rotatable bonds is 9. The van der Waals surface area contributed by atoms with Crippen LogP contribution in [-0.4, -0.2) is 40.3 Å². The number of phenolic OH excluding ortho intramolecular Hbond substituents is 2. The number of esters is 1. The number of aromatic hydroxyl groups is 2. The molecule has 2 N–H and O–H groups in total. The molecule has 0 unspecified atom stereocenters. The van der Waals surface area contributed by atoms with Crippen LogP contribution in [0, 0.1) is 0 Å². The van der Waals surface area contributed by atoms with Crippen LogP contribution in [-0.2, 0) is 14.2 Å². The maximum absolute atomic E-state index is 12.5. The van der Waals surface area contributed by atoms with E-state index in [0.717, 1.165) is 6.07 Å². The Hall–Kier alpha value is -2.57. The summed E-state index contributed by atoms with van der Waals surface area (Å²) in [7, 11) is 0. The molecule has 1 aliphatic heterocycles. The summed E-state index contributed by atoms with van der Waals surface area (Å²) in [4.78, 5) is 12.5. The molecular weight excluding hydrogens is 372 g/mol. The van der Waals surface area contributed by atoms with Crippen molar-refractivity contribution in [3.63, 3.8) is 0 Å². The fourth-order valence-corrected chi connectivity index (χ4v) is 3.27. The van der Waals surface area contributed by atoms with E-state index >= 15 is 0 Å². The first-order valence-electron chi connectivity index (χ1n) is 9.69. The number of carbonyl (C=O) groups excluding carboxylic acids is 1. The number of allylic oxidation sites excluding steroid dienone is 1. The second kappa shape index (κ2) is 9.76. The molecule has 6 heteroatoms. The van der Waals surface area contributed by atoms with Crippen molar-refractivity contribution in [3.05, 3.63) is 54.6 Å². The minimum absolute atomic E-state index is 0.0144. The molecule has 1 saturated heterocycles. The van der Waals surface area contributed by atoms with Gasteiger partial charge in [0.25, 0.3) is 0 Å². The fraction of sp³-hybridized carbons (Fsp3) is 0.435. The van der Waals surface area contributed by atoms with Crippen molar-refractivity contribution in [1.82, 2.24) is 0 Å². The molecular formula is C23H30O6. The van der Waals surface area contributed by atoms with E-state index in [4.69, 9.17) is 14.2 Å². The van der Waals surface area contributed by atoms with Gasteiger partial charge in [0.05, 0.1) is 6.10 Å². The Morgan fingerprint density at radius 3 is 2.69 bits per heavy atom. The maximum atomic E-state index is 12.5. The van der Waals surface area contributed by atoms with E-state index in [1.165, 1.54) is 6.07 Å². The van der Waals surface area contributed by atoms with Crippen LogP contribution >= 0.6 is 0 Å². The average Bonchev–Trinajstić information content (AvgIpc) is 2.92. The third-order valence-electron chi connectivity index (χ3n) is 4.51. The molecule has 1 aromatic carbocycles. The summed E-state index contributed by atoms with van der Waals surface area (Å²) in [5.41, 5.74) is 0.392. The molecule has 0 aliphatic carbocycles. The average molecular weight is 402 g/mol. The molecule has 1 aromatic rings. The lowest BCUT2D eigenvalue weighted by Gasteiger charge is -2.16. The highest BCUT2D eigenvalue weighted by molar-refractivity contribution is 5.97. The van der Waals surface area contributed by atoms with Crippen LogP contribution in [0.5, 0.6) is 11.5 Å². The number of benzene rings is 1. The molecule has 0 radical (unpaired) electrons. The standard InChI is InChI=1S/C23H30O6/c1-6-10-15(3)27-22(26)21-16(13-17(24)14-18(21)25)11-8-9-12-20-19(7-2)28-23(4,5)29-20/h6-8,11,13-15,19-20,24-25H,1-2,9-10,12H2,3-5H3/b11-8+/t15-,19+,20-/m0/s1. The summed E-state index contributed by atoms with van der Waals surface area (Å²) in [6, 6.07) is 2.53. The van der Waals surface area contributed by atoms with Crippen molar-refractivity contribution in [2.24, 2.45) is 0 Å². The van der Waals surface area contributed by atoms with E-state index in [2.05, 4.69) is 13.2 Å². The van der Waals surface area contributed by atoms with Crippen LogP contribution < -0.4 is 0 Å². The van der Waals surface area contributed by atoms with E-state index in [0.29, 0.717) is 24.8 Å². The summed E-state index contributed by atoms with van der Waals surface area (Å²) in [5, 5.41) is 20.0. The largest absolute Gasteiger partial charge is 0.508 e. The first-order valence-corrected chi connectivity index (χ1v) is 9.69. The Bertz CT molecular complexity index is 780. The predicted molar refractivity (Wildman–Crippen MR) is 112 cm³/mol. The molecule has 3 atom stereocenters. The van der Waals surface area contributed by atoms with Crippen LogP contribution in [0.3, 0.4) is 0 Å². The molecule has 6 nitrogen and oxygen atoms in total. The Morgan fingerprint density at radius 1 is 1.31 bits per heavy atom. The third-order valence-corrected chi connectivity index (χ3v) is 4.51.